The molecule has 0 unspecified atom stereocenters. The van der Waals surface area contributed by atoms with Gasteiger partial charge in [-0.05, 0) is 37.0 Å². The van der Waals surface area contributed by atoms with E-state index in [1.165, 1.54) is 29.2 Å². The molecule has 0 aliphatic carbocycles. The van der Waals surface area contributed by atoms with Crippen LogP contribution in [0, 0.1) is 10.1 Å². The summed E-state index contributed by atoms with van der Waals surface area (Å²) in [5, 5.41) is 35.7. The summed E-state index contributed by atoms with van der Waals surface area (Å²) >= 11 is 0.779. The second-order valence-corrected chi connectivity index (χ2v) is 9.79. The van der Waals surface area contributed by atoms with Crippen LogP contribution in [0.3, 0.4) is 0 Å². The second kappa shape index (κ2) is 11.7. The van der Waals surface area contributed by atoms with Crippen molar-refractivity contribution in [3.8, 4) is 0 Å². The fourth-order valence-electron chi connectivity index (χ4n) is 4.94. The molecule has 208 valence electrons. The molecule has 41 heavy (non-hydrogen) atoms. The summed E-state index contributed by atoms with van der Waals surface area (Å²) < 4.78 is 3.80. The molecule has 0 spiro atoms. The predicted octanol–water partition coefficient (Wildman–Crippen LogP) is -0.250. The Bertz CT molecular complexity index is 1570. The summed E-state index contributed by atoms with van der Waals surface area (Å²) in [7, 11) is 0. The Morgan fingerprint density at radius 1 is 1.29 bits per heavy atom. The Labute approximate surface area is 256 Å². The van der Waals surface area contributed by atoms with E-state index < -0.39 is 46.4 Å². The summed E-state index contributed by atoms with van der Waals surface area (Å²) in [4.78, 5) is 67.7. The molecule has 2 aromatic rings. The average molecular weight is 593 g/mol. The molecule has 1 aromatic carbocycles. The molecule has 0 saturated carbocycles. The van der Waals surface area contributed by atoms with Crippen LogP contribution in [-0.4, -0.2) is 107 Å². The molecule has 2 saturated heterocycles. The van der Waals surface area contributed by atoms with E-state index in [2.05, 4.69) is 19.8 Å². The molecular weight excluding hydrogens is 571 g/mol. The number of nitrogens with zero attached hydrogens (tertiary/aromatic N) is 6. The fraction of sp³-hybridized carbons (Fsp3) is 0.261. The van der Waals surface area contributed by atoms with E-state index in [-0.39, 0.29) is 83.3 Å². The molecule has 3 aliphatic rings. The molecule has 0 bridgehead atoms. The molecule has 3 amide bonds. The van der Waals surface area contributed by atoms with Gasteiger partial charge in [0.25, 0.3) is 23.4 Å². The normalized spacial score (nSPS) is 21.4. The van der Waals surface area contributed by atoms with Crippen molar-refractivity contribution in [3.05, 3.63) is 63.1 Å². The van der Waals surface area contributed by atoms with Crippen molar-refractivity contribution in [3.63, 3.8) is 0 Å². The standard InChI is InChI=1S/C23H20N8O8S.Na.H/c24-23-26-18(28-40-23)16(27-37)19(32)25-15-14-5-4-10(17(22(35)36)30(14)21(15)34)8-11-6-7-29(20(11)33)12-2-1-3-13(9-12)31(38)39;;/h1-3,8-9,14-15,37H,4-7H2,(H,25,32)(H,35,36)(H2,24,26,28);;/b11-8+,27-16-;;/t14-,15+;;/m0../s1. The number of carboxylic acids is 1. The number of rotatable bonds is 7. The SMILES string of the molecule is Nc1nc(/C(=N/O)C(=O)N[C@H]2C(=O)N3C(C(=O)O)=C(/C=C4\CCN(c5cccc([N+](=O)[O-])c5)C4=O)CC[C@@H]23)ns1.[NaH]. The zero-order valence-corrected chi connectivity index (χ0v) is 21.2. The number of benzene rings is 1. The number of oxime groups is 1. The van der Waals surface area contributed by atoms with Crippen LogP contribution >= 0.6 is 11.5 Å². The van der Waals surface area contributed by atoms with Crippen LogP contribution in [0.4, 0.5) is 16.5 Å². The fourth-order valence-corrected chi connectivity index (χ4v) is 5.38. The first-order valence-electron chi connectivity index (χ1n) is 11.8. The van der Waals surface area contributed by atoms with Crippen molar-refractivity contribution in [2.45, 2.75) is 31.3 Å². The topological polar surface area (TPSA) is 235 Å². The molecule has 5 N–H and O–H groups in total. The quantitative estimate of drug-likeness (QED) is 0.0622. The number of nitro groups is 1. The summed E-state index contributed by atoms with van der Waals surface area (Å²) in [6.45, 7) is 0.245. The number of β-lactam (4-membered cyclic amide) rings is 1. The number of allylic oxidation sites excluding steroid dienone is 2. The molecule has 2 fully saturated rings. The first-order valence-corrected chi connectivity index (χ1v) is 12.6. The number of carbonyl (C=O) groups excluding carboxylic acids is 3. The third kappa shape index (κ3) is 5.43. The van der Waals surface area contributed by atoms with Crippen molar-refractivity contribution in [2.24, 2.45) is 5.16 Å². The number of hydrogen-bond acceptors (Lipinski definition) is 12. The summed E-state index contributed by atoms with van der Waals surface area (Å²) in [6, 6.07) is 3.87. The van der Waals surface area contributed by atoms with E-state index in [9.17, 15) is 39.6 Å². The summed E-state index contributed by atoms with van der Waals surface area (Å²) in [5.74, 6) is -3.66. The van der Waals surface area contributed by atoms with Gasteiger partial charge in [-0.25, -0.2) is 4.79 Å². The maximum atomic E-state index is 13.1. The van der Waals surface area contributed by atoms with Crippen LogP contribution in [0.1, 0.15) is 25.1 Å². The zero-order valence-electron chi connectivity index (χ0n) is 20.4. The summed E-state index contributed by atoms with van der Waals surface area (Å²) in [6.07, 6.45) is 2.20. The van der Waals surface area contributed by atoms with Crippen molar-refractivity contribution in [1.29, 1.82) is 0 Å². The van der Waals surface area contributed by atoms with Gasteiger partial charge >= 0.3 is 35.5 Å². The van der Waals surface area contributed by atoms with Crippen molar-refractivity contribution in [1.82, 2.24) is 19.6 Å². The molecule has 18 heteroatoms. The van der Waals surface area contributed by atoms with Gasteiger partial charge in [0.15, 0.2) is 5.13 Å². The maximum absolute atomic E-state index is 13.1. The van der Waals surface area contributed by atoms with Crippen LogP contribution in [0.15, 0.2) is 52.3 Å². The molecular formula is C23H21N8NaO8S. The van der Waals surface area contributed by atoms with E-state index in [1.54, 1.807) is 6.07 Å². The van der Waals surface area contributed by atoms with E-state index in [1.807, 2.05) is 0 Å². The molecule has 2 atom stereocenters. The van der Waals surface area contributed by atoms with Crippen molar-refractivity contribution >= 4 is 87.0 Å². The number of amides is 3. The van der Waals surface area contributed by atoms with E-state index in [0.29, 0.717) is 11.3 Å². The van der Waals surface area contributed by atoms with Gasteiger partial charge in [0, 0.05) is 35.8 Å². The van der Waals surface area contributed by atoms with Crippen LogP contribution in [0.2, 0.25) is 0 Å². The number of non-ortho nitro benzene ring substituents is 1. The number of carboxylic acid groups (broad SMARTS) is 1. The molecule has 1 aromatic heterocycles. The Hall–Kier alpha value is -4.19. The third-order valence-electron chi connectivity index (χ3n) is 6.76. The van der Waals surface area contributed by atoms with E-state index >= 15 is 0 Å². The number of aliphatic carboxylic acids is 1. The van der Waals surface area contributed by atoms with Crippen LogP contribution in [0.5, 0.6) is 0 Å². The molecule has 4 heterocycles. The van der Waals surface area contributed by atoms with E-state index in [0.717, 1.165) is 16.4 Å². The van der Waals surface area contributed by atoms with Crippen LogP contribution in [0.25, 0.3) is 0 Å². The number of aromatic nitrogens is 2. The predicted molar refractivity (Wildman–Crippen MR) is 144 cm³/mol. The monoisotopic (exact) mass is 592 g/mol. The van der Waals surface area contributed by atoms with Crippen molar-refractivity contribution < 1.29 is 34.4 Å². The number of anilines is 2. The molecule has 5 rings (SSSR count). The van der Waals surface area contributed by atoms with Gasteiger partial charge in [-0.1, -0.05) is 11.2 Å². The number of nitrogen functional groups attached to an aromatic ring is 1. The molecule has 3 aliphatic heterocycles. The second-order valence-electron chi connectivity index (χ2n) is 9.00. The zero-order chi connectivity index (χ0) is 28.7. The Morgan fingerprint density at radius 3 is 2.68 bits per heavy atom. The van der Waals surface area contributed by atoms with Gasteiger partial charge in [0.05, 0.1) is 16.7 Å². The average Bonchev–Trinajstić information content (AvgIpc) is 3.52. The van der Waals surface area contributed by atoms with Gasteiger partial charge in [-0.3, -0.25) is 29.4 Å². The first kappa shape index (κ1) is 29.8. The van der Waals surface area contributed by atoms with Gasteiger partial charge in [0.1, 0.15) is 11.7 Å². The number of nitrogens with two attached hydrogens (primary N) is 1. The first-order chi connectivity index (χ1) is 19.1. The van der Waals surface area contributed by atoms with Crippen molar-refractivity contribution in [2.75, 3.05) is 17.2 Å². The number of nitrogens with one attached hydrogen (secondary N) is 1. The number of carbonyl (C=O) groups is 4. The minimum atomic E-state index is -1.38. The Morgan fingerprint density at radius 2 is 2.05 bits per heavy atom. The van der Waals surface area contributed by atoms with E-state index in [4.69, 9.17) is 5.73 Å². The summed E-state index contributed by atoms with van der Waals surface area (Å²) in [5.41, 5.74) is 5.39. The number of nitro benzene ring substituents is 1. The van der Waals surface area contributed by atoms with Gasteiger partial charge in [-0.2, -0.15) is 9.36 Å². The third-order valence-corrected chi connectivity index (χ3v) is 7.30. The Balaban J connectivity index is 0.00000387. The minimum absolute atomic E-state index is 0. The molecule has 16 nitrogen and oxygen atoms in total. The van der Waals surface area contributed by atoms with Gasteiger partial charge in [0.2, 0.25) is 11.5 Å². The van der Waals surface area contributed by atoms with Gasteiger partial charge < -0.3 is 26.3 Å². The van der Waals surface area contributed by atoms with Crippen LogP contribution in [-0.2, 0) is 19.2 Å². The molecule has 0 radical (unpaired) electrons. The number of fused-ring (bicyclic) bond motifs is 1. The number of hydrogen-bond donors (Lipinski definition) is 4. The Kier molecular flexibility index (Phi) is 8.52. The van der Waals surface area contributed by atoms with Crippen LogP contribution < -0.4 is 16.0 Å². The van der Waals surface area contributed by atoms with Gasteiger partial charge in [-0.15, -0.1) is 0 Å².